The van der Waals surface area contributed by atoms with Crippen LogP contribution in [0.5, 0.6) is 5.75 Å². The van der Waals surface area contributed by atoms with Crippen LogP contribution in [0.4, 0.5) is 0 Å². The predicted octanol–water partition coefficient (Wildman–Crippen LogP) is 1.93. The number of benzene rings is 2. The van der Waals surface area contributed by atoms with Crippen LogP contribution in [-0.2, 0) is 24.3 Å². The summed E-state index contributed by atoms with van der Waals surface area (Å²) >= 11 is 0. The van der Waals surface area contributed by atoms with Crippen LogP contribution >= 0.6 is 0 Å². The molecule has 0 saturated heterocycles. The Morgan fingerprint density at radius 3 is 2.48 bits per heavy atom. The summed E-state index contributed by atoms with van der Waals surface area (Å²) in [5, 5.41) is 11.0. The van der Waals surface area contributed by atoms with Gasteiger partial charge in [0.15, 0.2) is 0 Å². The quantitative estimate of drug-likeness (QED) is 0.542. The number of rotatable bonds is 6. The van der Waals surface area contributed by atoms with E-state index in [1.54, 1.807) is 11.5 Å². The van der Waals surface area contributed by atoms with Crippen molar-refractivity contribution < 1.29 is 9.53 Å². The number of carbonyl (C=O) groups excluding carboxylic acids is 1. The molecule has 1 amide bonds. The highest BCUT2D eigenvalue weighted by molar-refractivity contribution is 5.82. The lowest BCUT2D eigenvalue weighted by atomic mass is 10.2. The van der Waals surface area contributed by atoms with Gasteiger partial charge in [0.1, 0.15) is 18.1 Å². The Morgan fingerprint density at radius 2 is 1.79 bits per heavy atom. The number of amides is 1. The zero-order valence-corrected chi connectivity index (χ0v) is 16.3. The second kappa shape index (κ2) is 7.75. The molecule has 29 heavy (non-hydrogen) atoms. The van der Waals surface area contributed by atoms with Crippen LogP contribution in [-0.4, -0.2) is 32.2 Å². The first-order chi connectivity index (χ1) is 14.1. The molecule has 2 heterocycles. The van der Waals surface area contributed by atoms with Crippen LogP contribution < -0.4 is 15.6 Å². The van der Waals surface area contributed by atoms with Crippen LogP contribution in [0.3, 0.4) is 0 Å². The molecule has 0 aliphatic heterocycles. The standard InChI is InChI=1S/C21H21N5O3/c1-3-18-23-24-20-21(28)25(16-6-4-5-7-17(16)26(18)20)13-19(27)22-12-14-8-10-15(29-2)11-9-14/h4-11H,3,12-13H2,1-2H3,(H,22,27). The molecule has 4 rings (SSSR count). The minimum atomic E-state index is -0.338. The molecule has 0 aliphatic carbocycles. The summed E-state index contributed by atoms with van der Waals surface area (Å²) in [4.78, 5) is 25.6. The van der Waals surface area contributed by atoms with Gasteiger partial charge in [0.05, 0.1) is 18.1 Å². The first-order valence-electron chi connectivity index (χ1n) is 9.37. The third-order valence-electron chi connectivity index (χ3n) is 4.85. The maximum absolute atomic E-state index is 13.0. The number of hydrogen-bond donors (Lipinski definition) is 1. The van der Waals surface area contributed by atoms with Crippen molar-refractivity contribution in [3.8, 4) is 5.75 Å². The molecule has 0 saturated carbocycles. The van der Waals surface area contributed by atoms with E-state index in [4.69, 9.17) is 4.74 Å². The molecule has 0 radical (unpaired) electrons. The van der Waals surface area contributed by atoms with Gasteiger partial charge in [-0.15, -0.1) is 10.2 Å². The van der Waals surface area contributed by atoms with Crippen molar-refractivity contribution in [2.45, 2.75) is 26.4 Å². The molecule has 0 aliphatic rings. The summed E-state index contributed by atoms with van der Waals surface area (Å²) in [6.07, 6.45) is 0.650. The fraction of sp³-hybridized carbons (Fsp3) is 0.238. The number of aromatic nitrogens is 4. The molecule has 0 bridgehead atoms. The number of fused-ring (bicyclic) bond motifs is 3. The van der Waals surface area contributed by atoms with Crippen LogP contribution in [0.1, 0.15) is 18.3 Å². The highest BCUT2D eigenvalue weighted by Crippen LogP contribution is 2.16. The summed E-state index contributed by atoms with van der Waals surface area (Å²) in [6.45, 7) is 2.23. The predicted molar refractivity (Wildman–Crippen MR) is 109 cm³/mol. The summed E-state index contributed by atoms with van der Waals surface area (Å²) < 4.78 is 8.35. The van der Waals surface area contributed by atoms with Crippen molar-refractivity contribution in [2.75, 3.05) is 7.11 Å². The lowest BCUT2D eigenvalue weighted by Gasteiger charge is -2.12. The Hall–Kier alpha value is -3.68. The van der Waals surface area contributed by atoms with Crippen molar-refractivity contribution in [2.24, 2.45) is 0 Å². The number of nitrogens with one attached hydrogen (secondary N) is 1. The number of nitrogens with zero attached hydrogens (tertiary/aromatic N) is 4. The normalized spacial score (nSPS) is 11.1. The van der Waals surface area contributed by atoms with E-state index in [2.05, 4.69) is 15.5 Å². The van der Waals surface area contributed by atoms with Gasteiger partial charge in [0, 0.05) is 13.0 Å². The van der Waals surface area contributed by atoms with Crippen LogP contribution in [0.2, 0.25) is 0 Å². The molecule has 1 N–H and O–H groups in total. The van der Waals surface area contributed by atoms with Crippen molar-refractivity contribution in [1.29, 1.82) is 0 Å². The fourth-order valence-corrected chi connectivity index (χ4v) is 3.35. The monoisotopic (exact) mass is 391 g/mol. The largest absolute Gasteiger partial charge is 0.497 e. The number of ether oxygens (including phenoxy) is 1. The average Bonchev–Trinajstić information content (AvgIpc) is 3.20. The molecule has 4 aromatic rings. The van der Waals surface area contributed by atoms with Gasteiger partial charge >= 0.3 is 0 Å². The molecular weight excluding hydrogens is 370 g/mol. The van der Waals surface area contributed by atoms with E-state index in [1.807, 2.05) is 55.5 Å². The third-order valence-corrected chi connectivity index (χ3v) is 4.85. The molecule has 2 aromatic heterocycles. The van der Waals surface area contributed by atoms with Crippen molar-refractivity contribution in [1.82, 2.24) is 24.5 Å². The second-order valence-electron chi connectivity index (χ2n) is 6.63. The topological polar surface area (TPSA) is 90.5 Å². The number of para-hydroxylation sites is 2. The van der Waals surface area contributed by atoms with Crippen molar-refractivity contribution >= 4 is 22.6 Å². The number of aryl methyl sites for hydroxylation is 1. The molecule has 8 heteroatoms. The lowest BCUT2D eigenvalue weighted by molar-refractivity contribution is -0.121. The first kappa shape index (κ1) is 18.7. The highest BCUT2D eigenvalue weighted by Gasteiger charge is 2.17. The Morgan fingerprint density at radius 1 is 1.07 bits per heavy atom. The number of hydrogen-bond acceptors (Lipinski definition) is 5. The van der Waals surface area contributed by atoms with Gasteiger partial charge in [0.25, 0.3) is 5.56 Å². The van der Waals surface area contributed by atoms with E-state index in [0.717, 1.165) is 16.8 Å². The minimum absolute atomic E-state index is 0.0969. The summed E-state index contributed by atoms with van der Waals surface area (Å²) in [7, 11) is 1.61. The van der Waals surface area contributed by atoms with Crippen LogP contribution in [0, 0.1) is 0 Å². The van der Waals surface area contributed by atoms with E-state index in [0.29, 0.717) is 24.3 Å². The van der Waals surface area contributed by atoms with Gasteiger partial charge in [-0.25, -0.2) is 0 Å². The molecule has 148 valence electrons. The molecule has 0 spiro atoms. The molecule has 0 atom stereocenters. The first-order valence-corrected chi connectivity index (χ1v) is 9.37. The van der Waals surface area contributed by atoms with Crippen molar-refractivity contribution in [3.63, 3.8) is 0 Å². The Kier molecular flexibility index (Phi) is 4.99. The fourth-order valence-electron chi connectivity index (χ4n) is 3.35. The molecule has 2 aromatic carbocycles. The maximum atomic E-state index is 13.0. The van der Waals surface area contributed by atoms with E-state index in [-0.39, 0.29) is 23.7 Å². The average molecular weight is 391 g/mol. The van der Waals surface area contributed by atoms with Gasteiger partial charge in [-0.3, -0.25) is 18.6 Å². The van der Waals surface area contributed by atoms with Gasteiger partial charge in [-0.2, -0.15) is 0 Å². The minimum Gasteiger partial charge on any atom is -0.497 e. The van der Waals surface area contributed by atoms with Gasteiger partial charge in [-0.05, 0) is 29.8 Å². The molecule has 0 fully saturated rings. The maximum Gasteiger partial charge on any atom is 0.297 e. The second-order valence-corrected chi connectivity index (χ2v) is 6.63. The van der Waals surface area contributed by atoms with Crippen LogP contribution in [0.25, 0.3) is 16.7 Å². The van der Waals surface area contributed by atoms with E-state index >= 15 is 0 Å². The zero-order chi connectivity index (χ0) is 20.4. The molecule has 8 nitrogen and oxygen atoms in total. The van der Waals surface area contributed by atoms with Gasteiger partial charge < -0.3 is 10.1 Å². The summed E-state index contributed by atoms with van der Waals surface area (Å²) in [5.74, 6) is 1.21. The molecular formula is C21H21N5O3. The summed E-state index contributed by atoms with van der Waals surface area (Å²) in [5.41, 5.74) is 2.29. The smallest absolute Gasteiger partial charge is 0.297 e. The van der Waals surface area contributed by atoms with E-state index < -0.39 is 0 Å². The SMILES string of the molecule is CCc1nnc2c(=O)n(CC(=O)NCc3ccc(OC)cc3)c3ccccc3n12. The summed E-state index contributed by atoms with van der Waals surface area (Å²) in [6, 6.07) is 14.9. The van der Waals surface area contributed by atoms with Gasteiger partial charge in [-0.1, -0.05) is 31.2 Å². The Balaban J connectivity index is 1.63. The highest BCUT2D eigenvalue weighted by atomic mass is 16.5. The zero-order valence-electron chi connectivity index (χ0n) is 16.3. The lowest BCUT2D eigenvalue weighted by Crippen LogP contribution is -2.33. The van der Waals surface area contributed by atoms with Crippen LogP contribution in [0.15, 0.2) is 53.3 Å². The van der Waals surface area contributed by atoms with E-state index in [9.17, 15) is 9.59 Å². The number of carbonyl (C=O) groups is 1. The molecule has 0 unspecified atom stereocenters. The van der Waals surface area contributed by atoms with E-state index in [1.165, 1.54) is 4.57 Å². The number of methoxy groups -OCH3 is 1. The third kappa shape index (κ3) is 3.44. The Bertz CT molecular complexity index is 1240. The Labute approximate surface area is 166 Å². The van der Waals surface area contributed by atoms with Crippen molar-refractivity contribution in [3.05, 3.63) is 70.3 Å². The van der Waals surface area contributed by atoms with Gasteiger partial charge in [0.2, 0.25) is 11.6 Å².